The predicted molar refractivity (Wildman–Crippen MR) is 78.4 cm³/mol. The number of benzene rings is 2. The van der Waals surface area contributed by atoms with Crippen LogP contribution in [0.3, 0.4) is 0 Å². The lowest BCUT2D eigenvalue weighted by Gasteiger charge is -2.08. The van der Waals surface area contributed by atoms with E-state index in [1.54, 1.807) is 12.1 Å². The van der Waals surface area contributed by atoms with Crippen molar-refractivity contribution < 1.29 is 19.6 Å². The molecule has 0 atom stereocenters. The zero-order valence-corrected chi connectivity index (χ0v) is 12.0. The van der Waals surface area contributed by atoms with Gasteiger partial charge in [-0.25, -0.2) is 0 Å². The minimum Gasteiger partial charge on any atom is -0.545 e. The fourth-order valence-corrected chi connectivity index (χ4v) is 2.68. The topological polar surface area (TPSA) is 100 Å². The summed E-state index contributed by atoms with van der Waals surface area (Å²) in [5, 5.41) is 21.3. The molecule has 0 fully saturated rings. The first-order valence-corrected chi connectivity index (χ1v) is 7.03. The summed E-state index contributed by atoms with van der Waals surface area (Å²) in [5.41, 5.74) is 0.532. The maximum Gasteiger partial charge on any atom is 0.269 e. The number of non-ortho nitro benzene ring substituents is 1. The number of hydrogen-bond donors (Lipinski definition) is 0. The van der Waals surface area contributed by atoms with E-state index in [0.29, 0.717) is 10.5 Å². The normalized spacial score (nSPS) is 10.2. The largest absolute Gasteiger partial charge is 0.545 e. The van der Waals surface area contributed by atoms with Gasteiger partial charge in [-0.15, -0.1) is 0 Å². The number of nitro benzene ring substituents is 1. The number of hydrogen-bond acceptors (Lipinski definition) is 6. The second-order valence-electron chi connectivity index (χ2n) is 4.36. The monoisotopic (exact) mass is 316 g/mol. The molecule has 0 aromatic heterocycles. The van der Waals surface area contributed by atoms with Crippen LogP contribution in [0, 0.1) is 10.1 Å². The summed E-state index contributed by atoms with van der Waals surface area (Å²) < 4.78 is 0. The minimum atomic E-state index is -1.34. The molecule has 0 radical (unpaired) electrons. The summed E-state index contributed by atoms with van der Waals surface area (Å²) in [6.45, 7) is 0. The van der Waals surface area contributed by atoms with Crippen molar-refractivity contribution in [1.29, 1.82) is 0 Å². The molecular weight excluding hydrogens is 306 g/mol. The van der Waals surface area contributed by atoms with Gasteiger partial charge < -0.3 is 9.90 Å². The third-order valence-electron chi connectivity index (χ3n) is 2.83. The number of nitrogens with zero attached hydrogens (tertiary/aromatic N) is 1. The van der Waals surface area contributed by atoms with Gasteiger partial charge in [-0.05, 0) is 11.6 Å². The van der Waals surface area contributed by atoms with E-state index in [1.807, 2.05) is 0 Å². The first kappa shape index (κ1) is 15.7. The van der Waals surface area contributed by atoms with Gasteiger partial charge in [0.2, 0.25) is 0 Å². The molecule has 0 spiro atoms. The molecular formula is C15H10NO5S-. The molecule has 0 unspecified atom stereocenters. The van der Waals surface area contributed by atoms with Gasteiger partial charge in [-0.2, -0.15) is 0 Å². The molecule has 0 aliphatic heterocycles. The average Bonchev–Trinajstić information content (AvgIpc) is 2.48. The second kappa shape index (κ2) is 6.86. The molecule has 0 saturated carbocycles. The van der Waals surface area contributed by atoms with Gasteiger partial charge in [-0.3, -0.25) is 14.9 Å². The highest BCUT2D eigenvalue weighted by molar-refractivity contribution is 8.13. The highest BCUT2D eigenvalue weighted by atomic mass is 32.2. The molecule has 0 N–H and O–H groups in total. The van der Waals surface area contributed by atoms with Crippen LogP contribution in [0.5, 0.6) is 0 Å². The maximum atomic E-state index is 12.0. The van der Waals surface area contributed by atoms with Crippen LogP contribution < -0.4 is 5.11 Å². The third-order valence-corrected chi connectivity index (χ3v) is 3.77. The summed E-state index contributed by atoms with van der Waals surface area (Å²) in [6, 6.07) is 11.7. The molecule has 2 aromatic carbocycles. The number of carbonyl (C=O) groups is 2. The number of carboxylic acid groups (broad SMARTS) is 1. The summed E-state index contributed by atoms with van der Waals surface area (Å²) in [4.78, 5) is 33.3. The fourth-order valence-electron chi connectivity index (χ4n) is 1.79. The van der Waals surface area contributed by atoms with E-state index in [2.05, 4.69) is 0 Å². The van der Waals surface area contributed by atoms with Gasteiger partial charge in [0.15, 0.2) is 5.12 Å². The highest BCUT2D eigenvalue weighted by Gasteiger charge is 2.11. The molecule has 0 saturated heterocycles. The van der Waals surface area contributed by atoms with Crippen LogP contribution in [0.15, 0.2) is 53.4 Å². The van der Waals surface area contributed by atoms with Crippen molar-refractivity contribution in [1.82, 2.24) is 0 Å². The summed E-state index contributed by atoms with van der Waals surface area (Å²) in [7, 11) is 0. The molecule has 2 rings (SSSR count). The second-order valence-corrected chi connectivity index (χ2v) is 5.46. The summed E-state index contributed by atoms with van der Waals surface area (Å²) >= 11 is 0.810. The third kappa shape index (κ3) is 3.92. The van der Waals surface area contributed by atoms with Crippen LogP contribution in [0.2, 0.25) is 0 Å². The lowest BCUT2D eigenvalue weighted by Crippen LogP contribution is -2.23. The average molecular weight is 316 g/mol. The van der Waals surface area contributed by atoms with E-state index < -0.39 is 10.9 Å². The molecule has 0 aliphatic rings. The van der Waals surface area contributed by atoms with Gasteiger partial charge in [-0.1, -0.05) is 42.1 Å². The van der Waals surface area contributed by atoms with Crippen LogP contribution in [0.4, 0.5) is 5.69 Å². The minimum absolute atomic E-state index is 0.0375. The maximum absolute atomic E-state index is 12.0. The Labute approximate surface area is 129 Å². The number of carbonyl (C=O) groups excluding carboxylic acids is 2. The molecule has 7 heteroatoms. The predicted octanol–water partition coefficient (Wildman–Crippen LogP) is 1.82. The van der Waals surface area contributed by atoms with Crippen molar-refractivity contribution in [2.24, 2.45) is 0 Å². The molecule has 22 heavy (non-hydrogen) atoms. The van der Waals surface area contributed by atoms with Crippen molar-refractivity contribution in [2.45, 2.75) is 11.3 Å². The smallest absolute Gasteiger partial charge is 0.269 e. The molecule has 2 aromatic rings. The van der Waals surface area contributed by atoms with Crippen LogP contribution in [0.25, 0.3) is 0 Å². The Hall–Kier alpha value is -2.67. The Morgan fingerprint density at radius 1 is 1.05 bits per heavy atom. The van der Waals surface area contributed by atoms with Crippen LogP contribution in [-0.4, -0.2) is 16.0 Å². The van der Waals surface area contributed by atoms with Crippen molar-refractivity contribution >= 4 is 28.5 Å². The van der Waals surface area contributed by atoms with Gasteiger partial charge in [0.1, 0.15) is 0 Å². The molecule has 112 valence electrons. The number of aromatic carboxylic acids is 1. The van der Waals surface area contributed by atoms with Gasteiger partial charge in [0.25, 0.3) is 5.69 Å². The Kier molecular flexibility index (Phi) is 4.90. The van der Waals surface area contributed by atoms with Gasteiger partial charge >= 0.3 is 0 Å². The fraction of sp³-hybridized carbons (Fsp3) is 0.0667. The Bertz CT molecular complexity index is 727. The molecule has 0 amide bonds. The molecule has 0 aliphatic carbocycles. The number of nitro groups is 1. The van der Waals surface area contributed by atoms with Crippen LogP contribution in [0.1, 0.15) is 15.9 Å². The summed E-state index contributed by atoms with van der Waals surface area (Å²) in [5.74, 6) is -1.34. The Morgan fingerprint density at radius 3 is 2.27 bits per heavy atom. The van der Waals surface area contributed by atoms with Crippen molar-refractivity contribution in [3.63, 3.8) is 0 Å². The zero-order chi connectivity index (χ0) is 16.1. The number of rotatable bonds is 5. The van der Waals surface area contributed by atoms with Gasteiger partial charge in [0.05, 0.1) is 10.9 Å². The van der Waals surface area contributed by atoms with E-state index in [4.69, 9.17) is 0 Å². The van der Waals surface area contributed by atoms with E-state index in [0.717, 1.165) is 11.8 Å². The first-order valence-electron chi connectivity index (χ1n) is 6.22. The van der Waals surface area contributed by atoms with Crippen molar-refractivity contribution in [3.8, 4) is 0 Å². The number of thioether (sulfide) groups is 1. The Balaban J connectivity index is 2.07. The standard InChI is InChI=1S/C15H11NO5S/c17-14(9-10-5-7-11(8-6-10)16(20)21)22-13-4-2-1-3-12(13)15(18)19/h1-8H,9H2,(H,18,19)/p-1. The Morgan fingerprint density at radius 2 is 1.68 bits per heavy atom. The SMILES string of the molecule is O=C(Cc1ccc([N+](=O)[O-])cc1)Sc1ccccc1C(=O)[O-]. The van der Waals surface area contributed by atoms with E-state index in [9.17, 15) is 24.8 Å². The summed E-state index contributed by atoms with van der Waals surface area (Å²) in [6.07, 6.45) is 0.0457. The highest BCUT2D eigenvalue weighted by Crippen LogP contribution is 2.24. The van der Waals surface area contributed by atoms with Crippen LogP contribution >= 0.6 is 11.8 Å². The van der Waals surface area contributed by atoms with E-state index in [-0.39, 0.29) is 22.8 Å². The molecule has 0 heterocycles. The quantitative estimate of drug-likeness (QED) is 0.474. The first-order chi connectivity index (χ1) is 10.5. The van der Waals surface area contributed by atoms with Crippen LogP contribution in [-0.2, 0) is 11.2 Å². The van der Waals surface area contributed by atoms with Crippen molar-refractivity contribution in [3.05, 3.63) is 69.8 Å². The zero-order valence-electron chi connectivity index (χ0n) is 11.2. The molecule has 0 bridgehead atoms. The van der Waals surface area contributed by atoms with Gasteiger partial charge in [0, 0.05) is 29.0 Å². The lowest BCUT2D eigenvalue weighted by molar-refractivity contribution is -0.384. The number of carboxylic acids is 1. The molecule has 6 nitrogen and oxygen atoms in total. The van der Waals surface area contributed by atoms with E-state index in [1.165, 1.54) is 36.4 Å². The van der Waals surface area contributed by atoms with Crippen molar-refractivity contribution in [2.75, 3.05) is 0 Å². The van der Waals surface area contributed by atoms with E-state index >= 15 is 0 Å². The lowest BCUT2D eigenvalue weighted by atomic mass is 10.1.